The Morgan fingerprint density at radius 1 is 1.28 bits per heavy atom. The minimum absolute atomic E-state index is 0.0829. The van der Waals surface area contributed by atoms with Gasteiger partial charge in [-0.05, 0) is 24.5 Å². The van der Waals surface area contributed by atoms with E-state index in [9.17, 15) is 4.79 Å². The van der Waals surface area contributed by atoms with Crippen molar-refractivity contribution in [3.63, 3.8) is 0 Å². The van der Waals surface area contributed by atoms with Crippen molar-refractivity contribution in [1.29, 1.82) is 0 Å². The third kappa shape index (κ3) is 4.84. The Labute approximate surface area is 147 Å². The number of rotatable bonds is 7. The highest BCUT2D eigenvalue weighted by atomic mass is 16.7. The fourth-order valence-corrected chi connectivity index (χ4v) is 2.50. The van der Waals surface area contributed by atoms with Gasteiger partial charge in [0.25, 0.3) is 0 Å². The van der Waals surface area contributed by atoms with Crippen LogP contribution in [0.3, 0.4) is 0 Å². The molecule has 2 aromatic rings. The van der Waals surface area contributed by atoms with E-state index in [1.54, 1.807) is 10.8 Å². The van der Waals surface area contributed by atoms with Gasteiger partial charge in [-0.25, -0.2) is 4.68 Å². The summed E-state index contributed by atoms with van der Waals surface area (Å²) in [6.07, 6.45) is 4.87. The zero-order valence-electron chi connectivity index (χ0n) is 14.5. The van der Waals surface area contributed by atoms with Gasteiger partial charge < -0.3 is 9.47 Å². The molecule has 0 spiro atoms. The van der Waals surface area contributed by atoms with Crippen LogP contribution in [0.5, 0.6) is 0 Å². The Kier molecular flexibility index (Phi) is 5.73. The number of carbonyl (C=O) groups is 1. The number of ether oxygens (including phenoxy) is 2. The van der Waals surface area contributed by atoms with Gasteiger partial charge >= 0.3 is 0 Å². The van der Waals surface area contributed by atoms with Crippen molar-refractivity contribution in [1.82, 2.24) is 15.0 Å². The van der Waals surface area contributed by atoms with E-state index < -0.39 is 12.4 Å². The molecule has 132 valence electrons. The zero-order chi connectivity index (χ0) is 17.6. The molecule has 6 heteroatoms. The van der Waals surface area contributed by atoms with Crippen LogP contribution in [0.1, 0.15) is 20.3 Å². The van der Waals surface area contributed by atoms with Crippen LogP contribution < -0.4 is 0 Å². The van der Waals surface area contributed by atoms with Crippen molar-refractivity contribution >= 4 is 5.78 Å². The van der Waals surface area contributed by atoms with Gasteiger partial charge in [-0.2, -0.15) is 0 Å². The molecule has 25 heavy (non-hydrogen) atoms. The molecular weight excluding hydrogens is 318 g/mol. The highest BCUT2D eigenvalue weighted by Crippen LogP contribution is 2.17. The van der Waals surface area contributed by atoms with E-state index in [1.807, 2.05) is 36.5 Å². The Morgan fingerprint density at radius 2 is 2.08 bits per heavy atom. The number of aromatic nitrogens is 3. The highest BCUT2D eigenvalue weighted by Gasteiger charge is 2.26. The summed E-state index contributed by atoms with van der Waals surface area (Å²) in [5, 5.41) is 8.26. The summed E-state index contributed by atoms with van der Waals surface area (Å²) in [4.78, 5) is 12.1. The molecule has 6 nitrogen and oxygen atoms in total. The molecule has 0 aliphatic carbocycles. The van der Waals surface area contributed by atoms with E-state index in [4.69, 9.17) is 9.47 Å². The van der Waals surface area contributed by atoms with Crippen molar-refractivity contribution in [2.24, 2.45) is 5.92 Å². The topological polar surface area (TPSA) is 66.2 Å². The van der Waals surface area contributed by atoms with Crippen molar-refractivity contribution in [3.8, 4) is 11.3 Å². The van der Waals surface area contributed by atoms with Crippen LogP contribution in [0.25, 0.3) is 11.3 Å². The third-order valence-electron chi connectivity index (χ3n) is 3.97. The normalized spacial score (nSPS) is 20.4. The summed E-state index contributed by atoms with van der Waals surface area (Å²) >= 11 is 0. The Bertz CT molecular complexity index is 725. The molecule has 0 unspecified atom stereocenters. The fourth-order valence-electron chi connectivity index (χ4n) is 2.50. The predicted octanol–water partition coefficient (Wildman–Crippen LogP) is 2.86. The number of nitrogens with zero attached hydrogens (tertiary/aromatic N) is 3. The van der Waals surface area contributed by atoms with Crippen molar-refractivity contribution in [2.45, 2.75) is 39.2 Å². The molecule has 2 atom stereocenters. The van der Waals surface area contributed by atoms with E-state index in [-0.39, 0.29) is 5.78 Å². The summed E-state index contributed by atoms with van der Waals surface area (Å²) in [7, 11) is 0. The lowest BCUT2D eigenvalue weighted by Crippen LogP contribution is -2.36. The number of hydrogen-bond donors (Lipinski definition) is 0. The van der Waals surface area contributed by atoms with E-state index in [0.717, 1.165) is 17.7 Å². The molecule has 0 saturated carbocycles. The standard InChI is InChI=1S/C19H23N3O3/c1-14(2)10-11-24-19-9-8-17(23)18(25-19)13-22-12-16(20-21-22)15-6-4-3-5-7-15/h3-9,12,14,18-19H,10-11,13H2,1-2H3/t18-,19+/m1/s1. The molecular formula is C19H23N3O3. The minimum atomic E-state index is -0.612. The summed E-state index contributed by atoms with van der Waals surface area (Å²) in [5.74, 6) is 0.483. The first-order valence-corrected chi connectivity index (χ1v) is 8.56. The van der Waals surface area contributed by atoms with Gasteiger partial charge in [0.1, 0.15) is 11.8 Å². The Morgan fingerprint density at radius 3 is 2.84 bits per heavy atom. The van der Waals surface area contributed by atoms with Crippen LogP contribution in [0.2, 0.25) is 0 Å². The minimum Gasteiger partial charge on any atom is -0.349 e. The van der Waals surface area contributed by atoms with Crippen LogP contribution in [0, 0.1) is 5.92 Å². The van der Waals surface area contributed by atoms with Crippen molar-refractivity contribution in [3.05, 3.63) is 48.7 Å². The molecule has 0 saturated heterocycles. The molecule has 1 aromatic carbocycles. The molecule has 0 fully saturated rings. The van der Waals surface area contributed by atoms with Crippen LogP contribution in [-0.2, 0) is 20.8 Å². The first-order valence-electron chi connectivity index (χ1n) is 8.56. The summed E-state index contributed by atoms with van der Waals surface area (Å²) in [6.45, 7) is 5.20. The van der Waals surface area contributed by atoms with Crippen molar-refractivity contribution < 1.29 is 14.3 Å². The molecule has 0 bridgehead atoms. The van der Waals surface area contributed by atoms with E-state index in [1.165, 1.54) is 6.08 Å². The average Bonchev–Trinajstić information content (AvgIpc) is 3.07. The molecule has 1 aliphatic heterocycles. The summed E-state index contributed by atoms with van der Waals surface area (Å²) < 4.78 is 13.1. The quantitative estimate of drug-likeness (QED) is 0.775. The molecule has 1 aliphatic rings. The summed E-state index contributed by atoms with van der Waals surface area (Å²) in [5.41, 5.74) is 1.75. The van der Waals surface area contributed by atoms with Crippen LogP contribution in [-0.4, -0.2) is 39.8 Å². The second-order valence-corrected chi connectivity index (χ2v) is 6.50. The summed E-state index contributed by atoms with van der Waals surface area (Å²) in [6, 6.07) is 9.79. The maximum atomic E-state index is 12.1. The monoisotopic (exact) mass is 341 g/mol. The number of carbonyl (C=O) groups excluding carboxylic acids is 1. The lowest BCUT2D eigenvalue weighted by molar-refractivity contribution is -0.166. The maximum Gasteiger partial charge on any atom is 0.186 e. The number of hydrogen-bond acceptors (Lipinski definition) is 5. The van der Waals surface area contributed by atoms with E-state index >= 15 is 0 Å². The average molecular weight is 341 g/mol. The molecule has 1 aromatic heterocycles. The van der Waals surface area contributed by atoms with Crippen molar-refractivity contribution in [2.75, 3.05) is 6.61 Å². The van der Waals surface area contributed by atoms with Gasteiger partial charge in [-0.1, -0.05) is 49.4 Å². The van der Waals surface area contributed by atoms with Gasteiger partial charge in [-0.15, -0.1) is 5.10 Å². The van der Waals surface area contributed by atoms with Gasteiger partial charge in [-0.3, -0.25) is 4.79 Å². The first kappa shape index (κ1) is 17.5. The van der Waals surface area contributed by atoms with Crippen LogP contribution >= 0.6 is 0 Å². The molecule has 2 heterocycles. The van der Waals surface area contributed by atoms with Gasteiger partial charge in [0.15, 0.2) is 12.1 Å². The molecule has 0 N–H and O–H groups in total. The first-order chi connectivity index (χ1) is 12.1. The Hall–Kier alpha value is -2.31. The highest BCUT2D eigenvalue weighted by molar-refractivity contribution is 5.94. The maximum absolute atomic E-state index is 12.1. The van der Waals surface area contributed by atoms with E-state index in [0.29, 0.717) is 19.1 Å². The zero-order valence-corrected chi connectivity index (χ0v) is 14.5. The predicted molar refractivity (Wildman–Crippen MR) is 93.7 cm³/mol. The lowest BCUT2D eigenvalue weighted by Gasteiger charge is -2.25. The smallest absolute Gasteiger partial charge is 0.186 e. The number of ketones is 1. The lowest BCUT2D eigenvalue weighted by atomic mass is 10.1. The Balaban J connectivity index is 1.59. The van der Waals surface area contributed by atoms with Gasteiger partial charge in [0.2, 0.25) is 0 Å². The van der Waals surface area contributed by atoms with Gasteiger partial charge in [0, 0.05) is 5.56 Å². The second-order valence-electron chi connectivity index (χ2n) is 6.50. The largest absolute Gasteiger partial charge is 0.349 e. The van der Waals surface area contributed by atoms with Crippen LogP contribution in [0.15, 0.2) is 48.7 Å². The van der Waals surface area contributed by atoms with Gasteiger partial charge in [0.05, 0.1) is 19.3 Å². The molecule has 3 rings (SSSR count). The van der Waals surface area contributed by atoms with Crippen LogP contribution in [0.4, 0.5) is 0 Å². The third-order valence-corrected chi connectivity index (χ3v) is 3.97. The fraction of sp³-hybridized carbons (Fsp3) is 0.421. The molecule has 0 radical (unpaired) electrons. The number of benzene rings is 1. The SMILES string of the molecule is CC(C)CCO[C@@H]1C=CC(=O)[C@@H](Cn2cc(-c3ccccc3)nn2)O1. The second kappa shape index (κ2) is 8.18. The molecule has 0 amide bonds. The van der Waals surface area contributed by atoms with E-state index in [2.05, 4.69) is 24.2 Å².